The van der Waals surface area contributed by atoms with E-state index in [2.05, 4.69) is 28.6 Å². The maximum absolute atomic E-state index is 5.63. The molecule has 1 aliphatic carbocycles. The van der Waals surface area contributed by atoms with E-state index in [1.54, 1.807) is 0 Å². The highest BCUT2D eigenvalue weighted by Crippen LogP contribution is 2.37. The van der Waals surface area contributed by atoms with Crippen molar-refractivity contribution in [3.63, 3.8) is 0 Å². The summed E-state index contributed by atoms with van der Waals surface area (Å²) in [5.41, 5.74) is 0.0434. The first-order chi connectivity index (χ1) is 7.65. The Kier molecular flexibility index (Phi) is 3.28. The second kappa shape index (κ2) is 4.53. The first kappa shape index (κ1) is 11.6. The molecule has 0 spiro atoms. The highest BCUT2D eigenvalue weighted by molar-refractivity contribution is 5.00. The van der Waals surface area contributed by atoms with E-state index >= 15 is 0 Å². The molecular formula is C12H21N3O. The second-order valence-electron chi connectivity index (χ2n) is 5.21. The Hall–Kier alpha value is -0.900. The van der Waals surface area contributed by atoms with Gasteiger partial charge in [0.15, 0.2) is 0 Å². The fraction of sp³-hybridized carbons (Fsp3) is 0.833. The van der Waals surface area contributed by atoms with Crippen LogP contribution >= 0.6 is 0 Å². The zero-order chi connectivity index (χ0) is 11.6. The summed E-state index contributed by atoms with van der Waals surface area (Å²) in [5, 5.41) is 8.23. The maximum atomic E-state index is 5.63. The van der Waals surface area contributed by atoms with Crippen LogP contribution < -0.4 is 0 Å². The number of ether oxygens (including phenoxy) is 1. The number of hydrogen-bond acceptors (Lipinski definition) is 3. The molecule has 0 radical (unpaired) electrons. The molecule has 0 aliphatic heterocycles. The van der Waals surface area contributed by atoms with Gasteiger partial charge in [-0.3, -0.25) is 0 Å². The number of nitrogens with zero attached hydrogens (tertiary/aromatic N) is 3. The zero-order valence-electron chi connectivity index (χ0n) is 10.4. The lowest BCUT2D eigenvalue weighted by Gasteiger charge is -2.40. The SMILES string of the molecule is COC1(Cc2nncn2CC(C)C)CCC1. The predicted octanol–water partition coefficient (Wildman–Crippen LogP) is 2.05. The van der Waals surface area contributed by atoms with Crippen molar-refractivity contribution in [3.05, 3.63) is 12.2 Å². The molecule has 0 unspecified atom stereocenters. The molecule has 0 atom stereocenters. The van der Waals surface area contributed by atoms with E-state index in [1.807, 2.05) is 13.4 Å². The number of hydrogen-bond donors (Lipinski definition) is 0. The predicted molar refractivity (Wildman–Crippen MR) is 62.2 cm³/mol. The second-order valence-corrected chi connectivity index (χ2v) is 5.21. The Balaban J connectivity index is 2.06. The molecular weight excluding hydrogens is 202 g/mol. The lowest BCUT2D eigenvalue weighted by Crippen LogP contribution is -2.42. The molecule has 0 aromatic carbocycles. The molecule has 1 saturated carbocycles. The van der Waals surface area contributed by atoms with Crippen LogP contribution in [0.5, 0.6) is 0 Å². The van der Waals surface area contributed by atoms with Crippen LogP contribution in [0, 0.1) is 5.92 Å². The lowest BCUT2D eigenvalue weighted by atomic mass is 9.77. The Labute approximate surface area is 97.0 Å². The maximum Gasteiger partial charge on any atom is 0.135 e. The van der Waals surface area contributed by atoms with Gasteiger partial charge in [-0.15, -0.1) is 10.2 Å². The highest BCUT2D eigenvalue weighted by atomic mass is 16.5. The Bertz CT molecular complexity index is 336. The fourth-order valence-corrected chi connectivity index (χ4v) is 2.27. The van der Waals surface area contributed by atoms with Gasteiger partial charge in [0.2, 0.25) is 0 Å². The van der Waals surface area contributed by atoms with Crippen LogP contribution in [-0.2, 0) is 17.7 Å². The van der Waals surface area contributed by atoms with Gasteiger partial charge in [0, 0.05) is 20.1 Å². The van der Waals surface area contributed by atoms with Gasteiger partial charge in [-0.2, -0.15) is 0 Å². The van der Waals surface area contributed by atoms with Crippen molar-refractivity contribution >= 4 is 0 Å². The Morgan fingerprint density at radius 2 is 2.25 bits per heavy atom. The van der Waals surface area contributed by atoms with Crippen LogP contribution in [0.1, 0.15) is 38.9 Å². The monoisotopic (exact) mass is 223 g/mol. The van der Waals surface area contributed by atoms with Gasteiger partial charge in [0.25, 0.3) is 0 Å². The molecule has 1 heterocycles. The van der Waals surface area contributed by atoms with E-state index < -0.39 is 0 Å². The van der Waals surface area contributed by atoms with Crippen molar-refractivity contribution in [2.24, 2.45) is 5.92 Å². The molecule has 2 rings (SSSR count). The van der Waals surface area contributed by atoms with Crippen molar-refractivity contribution < 1.29 is 4.74 Å². The summed E-state index contributed by atoms with van der Waals surface area (Å²) in [5.74, 6) is 1.69. The lowest BCUT2D eigenvalue weighted by molar-refractivity contribution is -0.0727. The summed E-state index contributed by atoms with van der Waals surface area (Å²) in [6, 6.07) is 0. The summed E-state index contributed by atoms with van der Waals surface area (Å²) in [6.45, 7) is 5.40. The average molecular weight is 223 g/mol. The molecule has 1 aromatic rings. The third-order valence-corrected chi connectivity index (χ3v) is 3.44. The molecule has 4 nitrogen and oxygen atoms in total. The van der Waals surface area contributed by atoms with Gasteiger partial charge in [0.05, 0.1) is 5.60 Å². The average Bonchev–Trinajstić information content (AvgIpc) is 2.58. The zero-order valence-corrected chi connectivity index (χ0v) is 10.4. The molecule has 0 bridgehead atoms. The van der Waals surface area contributed by atoms with Crippen LogP contribution in [0.25, 0.3) is 0 Å². The van der Waals surface area contributed by atoms with Crippen molar-refractivity contribution in [2.45, 2.75) is 51.7 Å². The third kappa shape index (κ3) is 2.26. The normalized spacial score (nSPS) is 18.8. The van der Waals surface area contributed by atoms with E-state index in [-0.39, 0.29) is 5.60 Å². The molecule has 1 aliphatic rings. The van der Waals surface area contributed by atoms with Crippen LogP contribution in [0.3, 0.4) is 0 Å². The van der Waals surface area contributed by atoms with E-state index in [1.165, 1.54) is 6.42 Å². The highest BCUT2D eigenvalue weighted by Gasteiger charge is 2.38. The minimum Gasteiger partial charge on any atom is -0.378 e. The molecule has 4 heteroatoms. The third-order valence-electron chi connectivity index (χ3n) is 3.44. The minimum atomic E-state index is 0.0434. The molecule has 16 heavy (non-hydrogen) atoms. The minimum absolute atomic E-state index is 0.0434. The molecule has 90 valence electrons. The first-order valence-corrected chi connectivity index (χ1v) is 6.07. The number of aromatic nitrogens is 3. The van der Waals surface area contributed by atoms with Crippen LogP contribution in [0.2, 0.25) is 0 Å². The summed E-state index contributed by atoms with van der Waals surface area (Å²) < 4.78 is 7.78. The van der Waals surface area contributed by atoms with Gasteiger partial charge in [-0.25, -0.2) is 0 Å². The van der Waals surface area contributed by atoms with Gasteiger partial charge < -0.3 is 9.30 Å². The summed E-state index contributed by atoms with van der Waals surface area (Å²) in [6.07, 6.45) is 6.30. The van der Waals surface area contributed by atoms with Gasteiger partial charge in [0.1, 0.15) is 12.2 Å². The fourth-order valence-electron chi connectivity index (χ4n) is 2.27. The topological polar surface area (TPSA) is 39.9 Å². The number of methoxy groups -OCH3 is 1. The molecule has 1 fully saturated rings. The molecule has 1 aromatic heterocycles. The molecule has 0 amide bonds. The van der Waals surface area contributed by atoms with E-state index in [4.69, 9.17) is 4.74 Å². The summed E-state index contributed by atoms with van der Waals surface area (Å²) in [7, 11) is 1.81. The van der Waals surface area contributed by atoms with Crippen LogP contribution in [-0.4, -0.2) is 27.5 Å². The van der Waals surface area contributed by atoms with Gasteiger partial charge in [-0.1, -0.05) is 13.8 Å². The summed E-state index contributed by atoms with van der Waals surface area (Å²) in [4.78, 5) is 0. The van der Waals surface area contributed by atoms with E-state index in [0.29, 0.717) is 5.92 Å². The standard InChI is InChI=1S/C12H21N3O/c1-10(2)8-15-9-13-14-11(15)7-12(16-3)5-4-6-12/h9-10H,4-8H2,1-3H3. The largest absolute Gasteiger partial charge is 0.378 e. The van der Waals surface area contributed by atoms with Crippen molar-refractivity contribution in [1.29, 1.82) is 0 Å². The van der Waals surface area contributed by atoms with Crippen molar-refractivity contribution in [1.82, 2.24) is 14.8 Å². The quantitative estimate of drug-likeness (QED) is 0.767. The Morgan fingerprint density at radius 3 is 2.75 bits per heavy atom. The van der Waals surface area contributed by atoms with E-state index in [9.17, 15) is 0 Å². The smallest absolute Gasteiger partial charge is 0.135 e. The summed E-state index contributed by atoms with van der Waals surface area (Å²) >= 11 is 0. The van der Waals surface area contributed by atoms with Crippen LogP contribution in [0.15, 0.2) is 6.33 Å². The molecule has 0 N–H and O–H groups in total. The van der Waals surface area contributed by atoms with Crippen molar-refractivity contribution in [3.8, 4) is 0 Å². The van der Waals surface area contributed by atoms with Gasteiger partial charge in [-0.05, 0) is 25.2 Å². The number of rotatable bonds is 5. The van der Waals surface area contributed by atoms with Crippen LogP contribution in [0.4, 0.5) is 0 Å². The van der Waals surface area contributed by atoms with Gasteiger partial charge >= 0.3 is 0 Å². The first-order valence-electron chi connectivity index (χ1n) is 6.07. The van der Waals surface area contributed by atoms with E-state index in [0.717, 1.165) is 31.6 Å². The Morgan fingerprint density at radius 1 is 1.50 bits per heavy atom. The molecule has 0 saturated heterocycles. The van der Waals surface area contributed by atoms with Crippen molar-refractivity contribution in [2.75, 3.05) is 7.11 Å².